The lowest BCUT2D eigenvalue weighted by Crippen LogP contribution is -2.26. The van der Waals surface area contributed by atoms with Gasteiger partial charge in [0.15, 0.2) is 0 Å². The summed E-state index contributed by atoms with van der Waals surface area (Å²) < 4.78 is 5.45. The molecule has 0 aromatic heterocycles. The molecule has 4 aromatic rings. The third kappa shape index (κ3) is 9.44. The Labute approximate surface area is 251 Å². The van der Waals surface area contributed by atoms with Crippen LogP contribution in [0.15, 0.2) is 97.1 Å². The molecule has 4 aromatic carbocycles. The zero-order valence-electron chi connectivity index (χ0n) is 24.2. The molecule has 0 saturated carbocycles. The van der Waals surface area contributed by atoms with Gasteiger partial charge < -0.3 is 31.1 Å². The Morgan fingerprint density at radius 1 is 0.791 bits per heavy atom. The summed E-state index contributed by atoms with van der Waals surface area (Å²) in [7, 11) is 1.50. The number of carbonyl (C=O) groups is 3. The number of nitrogens with one attached hydrogen (secondary N) is 4. The Morgan fingerprint density at radius 2 is 1.49 bits per heavy atom. The van der Waals surface area contributed by atoms with E-state index in [1.807, 2.05) is 73.7 Å². The standard InChI is InChI=1S/C34H36N4O5/c1-23-8-6-7-11-28(23)37-34(42)38-29-17-12-25(20-31(29)43-2)21-32(39)36-27-15-13-26(14-16-27)30(22-33(40)41)35-19-18-24-9-4-3-5-10-24/h3-17,20,30,35H,18-19,21-22H2,1-2H3,(H,36,39)(H,40,41)(H2,37,38,42). The van der Waals surface area contributed by atoms with Crippen molar-refractivity contribution in [2.45, 2.75) is 32.2 Å². The van der Waals surface area contributed by atoms with E-state index in [0.717, 1.165) is 17.5 Å². The van der Waals surface area contributed by atoms with E-state index in [1.54, 1.807) is 30.3 Å². The van der Waals surface area contributed by atoms with Gasteiger partial charge in [0.25, 0.3) is 0 Å². The highest BCUT2D eigenvalue weighted by Gasteiger charge is 2.16. The molecule has 0 saturated heterocycles. The fourth-order valence-electron chi connectivity index (χ4n) is 4.65. The predicted octanol–water partition coefficient (Wildman–Crippen LogP) is 6.18. The van der Waals surface area contributed by atoms with E-state index in [0.29, 0.717) is 34.9 Å². The van der Waals surface area contributed by atoms with Gasteiger partial charge in [-0.3, -0.25) is 9.59 Å². The number of anilines is 3. The number of hydrogen-bond acceptors (Lipinski definition) is 5. The third-order valence-corrected chi connectivity index (χ3v) is 6.89. The first-order valence-electron chi connectivity index (χ1n) is 14.0. The van der Waals surface area contributed by atoms with Gasteiger partial charge in [0.1, 0.15) is 5.75 Å². The summed E-state index contributed by atoms with van der Waals surface area (Å²) in [6, 6.07) is 29.1. The van der Waals surface area contributed by atoms with Crippen molar-refractivity contribution in [3.8, 4) is 5.75 Å². The van der Waals surface area contributed by atoms with Gasteiger partial charge in [0.05, 0.1) is 25.6 Å². The van der Waals surface area contributed by atoms with Gasteiger partial charge in [-0.15, -0.1) is 0 Å². The van der Waals surface area contributed by atoms with Gasteiger partial charge >= 0.3 is 12.0 Å². The normalized spacial score (nSPS) is 11.3. The molecule has 1 unspecified atom stereocenters. The average Bonchev–Trinajstić information content (AvgIpc) is 2.99. The van der Waals surface area contributed by atoms with Crippen molar-refractivity contribution in [2.75, 3.05) is 29.6 Å². The minimum Gasteiger partial charge on any atom is -0.495 e. The molecule has 1 atom stereocenters. The van der Waals surface area contributed by atoms with Crippen LogP contribution in [0.2, 0.25) is 0 Å². The van der Waals surface area contributed by atoms with Crippen molar-refractivity contribution in [2.24, 2.45) is 0 Å². The number of ether oxygens (including phenoxy) is 1. The molecule has 5 N–H and O–H groups in total. The monoisotopic (exact) mass is 580 g/mol. The van der Waals surface area contributed by atoms with Crippen LogP contribution in [0, 0.1) is 6.92 Å². The van der Waals surface area contributed by atoms with Crippen molar-refractivity contribution in [1.82, 2.24) is 5.32 Å². The predicted molar refractivity (Wildman–Crippen MR) is 169 cm³/mol. The molecule has 0 aliphatic carbocycles. The highest BCUT2D eigenvalue weighted by Crippen LogP contribution is 2.27. The molecule has 0 aliphatic rings. The fraction of sp³-hybridized carbons (Fsp3) is 0.206. The molecule has 0 bridgehead atoms. The number of carboxylic acids is 1. The molecule has 0 fully saturated rings. The number of amides is 3. The van der Waals surface area contributed by atoms with E-state index in [4.69, 9.17) is 4.74 Å². The van der Waals surface area contributed by atoms with Crippen molar-refractivity contribution in [3.63, 3.8) is 0 Å². The summed E-state index contributed by atoms with van der Waals surface area (Å²) in [5.74, 6) is -0.687. The summed E-state index contributed by atoms with van der Waals surface area (Å²) >= 11 is 0. The zero-order chi connectivity index (χ0) is 30.6. The molecule has 0 heterocycles. The lowest BCUT2D eigenvalue weighted by Gasteiger charge is -2.18. The van der Waals surface area contributed by atoms with Gasteiger partial charge in [0.2, 0.25) is 5.91 Å². The van der Waals surface area contributed by atoms with Crippen molar-refractivity contribution >= 4 is 35.0 Å². The average molecular weight is 581 g/mol. The van der Waals surface area contributed by atoms with E-state index in [1.165, 1.54) is 12.7 Å². The second-order valence-electron chi connectivity index (χ2n) is 10.1. The Bertz CT molecular complexity index is 1540. The van der Waals surface area contributed by atoms with E-state index in [2.05, 4.69) is 21.3 Å². The summed E-state index contributed by atoms with van der Waals surface area (Å²) in [6.45, 7) is 2.54. The summed E-state index contributed by atoms with van der Waals surface area (Å²) in [5.41, 5.74) is 5.43. The van der Waals surface area contributed by atoms with Crippen LogP contribution in [-0.4, -0.2) is 36.7 Å². The Balaban J connectivity index is 1.32. The zero-order valence-corrected chi connectivity index (χ0v) is 24.2. The van der Waals surface area contributed by atoms with Crippen LogP contribution in [0.3, 0.4) is 0 Å². The highest BCUT2D eigenvalue weighted by molar-refractivity contribution is 6.01. The SMILES string of the molecule is COc1cc(CC(=O)Nc2ccc(C(CC(=O)O)NCCc3ccccc3)cc2)ccc1NC(=O)Nc1ccccc1C. The number of benzene rings is 4. The minimum absolute atomic E-state index is 0.0548. The number of carbonyl (C=O) groups excluding carboxylic acids is 2. The quantitative estimate of drug-likeness (QED) is 0.129. The summed E-state index contributed by atoms with van der Waals surface area (Å²) in [6.07, 6.45) is 0.824. The van der Waals surface area contributed by atoms with Gasteiger partial charge in [-0.25, -0.2) is 4.79 Å². The highest BCUT2D eigenvalue weighted by atomic mass is 16.5. The number of urea groups is 1. The smallest absolute Gasteiger partial charge is 0.323 e. The topological polar surface area (TPSA) is 129 Å². The number of rotatable bonds is 13. The largest absolute Gasteiger partial charge is 0.495 e. The lowest BCUT2D eigenvalue weighted by atomic mass is 10.0. The molecule has 0 radical (unpaired) electrons. The number of methoxy groups -OCH3 is 1. The van der Waals surface area contributed by atoms with Crippen LogP contribution >= 0.6 is 0 Å². The Hall–Kier alpha value is -5.15. The number of para-hydroxylation sites is 1. The fourth-order valence-corrected chi connectivity index (χ4v) is 4.65. The molecule has 3 amide bonds. The first kappa shape index (κ1) is 30.8. The van der Waals surface area contributed by atoms with Crippen LogP contribution < -0.4 is 26.0 Å². The van der Waals surface area contributed by atoms with Crippen LogP contribution in [0.4, 0.5) is 21.9 Å². The molecule has 0 aliphatic heterocycles. The first-order valence-corrected chi connectivity index (χ1v) is 14.0. The summed E-state index contributed by atoms with van der Waals surface area (Å²) in [5, 5.41) is 21.2. The molecule has 4 rings (SSSR count). The van der Waals surface area contributed by atoms with Crippen LogP contribution in [0.5, 0.6) is 5.75 Å². The van der Waals surface area contributed by atoms with Crippen molar-refractivity contribution in [3.05, 3.63) is 119 Å². The molecule has 43 heavy (non-hydrogen) atoms. The van der Waals surface area contributed by atoms with E-state index < -0.39 is 12.0 Å². The second kappa shape index (κ2) is 15.2. The minimum atomic E-state index is -0.891. The Morgan fingerprint density at radius 3 is 2.19 bits per heavy atom. The molecule has 222 valence electrons. The van der Waals surface area contributed by atoms with Crippen molar-refractivity contribution in [1.29, 1.82) is 0 Å². The van der Waals surface area contributed by atoms with Crippen LogP contribution in [0.25, 0.3) is 0 Å². The Kier molecular flexibility index (Phi) is 10.9. The van der Waals surface area contributed by atoms with Gasteiger partial charge in [-0.1, -0.05) is 66.7 Å². The van der Waals surface area contributed by atoms with Gasteiger partial charge in [-0.2, -0.15) is 0 Å². The lowest BCUT2D eigenvalue weighted by molar-refractivity contribution is -0.137. The number of hydrogen-bond donors (Lipinski definition) is 5. The van der Waals surface area contributed by atoms with E-state index in [-0.39, 0.29) is 24.8 Å². The molecule has 9 heteroatoms. The van der Waals surface area contributed by atoms with E-state index in [9.17, 15) is 19.5 Å². The van der Waals surface area contributed by atoms with Gasteiger partial charge in [0, 0.05) is 17.4 Å². The number of aliphatic carboxylic acids is 1. The maximum atomic E-state index is 12.8. The van der Waals surface area contributed by atoms with Crippen molar-refractivity contribution < 1.29 is 24.2 Å². The second-order valence-corrected chi connectivity index (χ2v) is 10.1. The molecular formula is C34H36N4O5. The van der Waals surface area contributed by atoms with Gasteiger partial charge in [-0.05, 0) is 72.5 Å². The van der Waals surface area contributed by atoms with E-state index >= 15 is 0 Å². The first-order chi connectivity index (χ1) is 20.8. The maximum Gasteiger partial charge on any atom is 0.323 e. The molecular weight excluding hydrogens is 544 g/mol. The van der Waals surface area contributed by atoms with Crippen LogP contribution in [0.1, 0.15) is 34.7 Å². The maximum absolute atomic E-state index is 12.8. The molecule has 0 spiro atoms. The number of carboxylic acid groups (broad SMARTS) is 1. The molecule has 9 nitrogen and oxygen atoms in total. The van der Waals surface area contributed by atoms with Crippen LogP contribution in [-0.2, 0) is 22.4 Å². The third-order valence-electron chi connectivity index (χ3n) is 6.89. The summed E-state index contributed by atoms with van der Waals surface area (Å²) in [4.78, 5) is 36.8. The number of aryl methyl sites for hydroxylation is 1.